The summed E-state index contributed by atoms with van der Waals surface area (Å²) in [6, 6.07) is 4.48. The summed E-state index contributed by atoms with van der Waals surface area (Å²) in [4.78, 5) is 23.4. The Balaban J connectivity index is 2.17. The van der Waals surface area contributed by atoms with Crippen LogP contribution in [0.1, 0.15) is 10.4 Å². The second-order valence-electron chi connectivity index (χ2n) is 3.35. The lowest BCUT2D eigenvalue weighted by Crippen LogP contribution is -2.45. The smallest absolute Gasteiger partial charge is 0.271 e. The van der Waals surface area contributed by atoms with E-state index in [0.29, 0.717) is 9.34 Å². The summed E-state index contributed by atoms with van der Waals surface area (Å²) in [5.41, 5.74) is 2.64. The molecule has 0 aliphatic carbocycles. The number of nitrogens with one attached hydrogen (secondary N) is 1. The molecule has 1 heterocycles. The van der Waals surface area contributed by atoms with Crippen LogP contribution < -0.4 is 5.43 Å². The summed E-state index contributed by atoms with van der Waals surface area (Å²) in [6.45, 7) is 0. The van der Waals surface area contributed by atoms with E-state index in [9.17, 15) is 9.59 Å². The van der Waals surface area contributed by atoms with Crippen molar-refractivity contribution >= 4 is 63.3 Å². The maximum Gasteiger partial charge on any atom is 0.271 e. The topological polar surface area (TPSA) is 49.4 Å². The minimum absolute atomic E-state index is 0.213. The lowest BCUT2D eigenvalue weighted by atomic mass is 10.2. The van der Waals surface area contributed by atoms with E-state index in [0.717, 1.165) is 5.01 Å². The van der Waals surface area contributed by atoms with E-state index >= 15 is 0 Å². The molecule has 18 heavy (non-hydrogen) atoms. The van der Waals surface area contributed by atoms with E-state index < -0.39 is 5.91 Å². The van der Waals surface area contributed by atoms with E-state index in [1.807, 2.05) is 0 Å². The molecule has 0 bridgehead atoms. The number of carbonyl (C=O) groups is 2. The minimum atomic E-state index is -0.505. The Morgan fingerprint density at radius 1 is 1.44 bits per heavy atom. The van der Waals surface area contributed by atoms with Crippen molar-refractivity contribution in [3.8, 4) is 0 Å². The number of nitrogens with zero attached hydrogens (tertiary/aromatic N) is 1. The van der Waals surface area contributed by atoms with E-state index in [-0.39, 0.29) is 22.2 Å². The van der Waals surface area contributed by atoms with E-state index in [2.05, 4.69) is 5.43 Å². The third kappa shape index (κ3) is 2.77. The predicted octanol–water partition coefficient (Wildman–Crippen LogP) is 2.50. The molecule has 2 rings (SSSR count). The summed E-state index contributed by atoms with van der Waals surface area (Å²) in [6.07, 6.45) is 0. The number of hydrogen-bond acceptors (Lipinski definition) is 4. The number of halogens is 2. The van der Waals surface area contributed by atoms with Crippen LogP contribution in [0.5, 0.6) is 0 Å². The van der Waals surface area contributed by atoms with Crippen LogP contribution >= 0.6 is 47.2 Å². The van der Waals surface area contributed by atoms with Crippen LogP contribution in [-0.2, 0) is 4.79 Å². The highest BCUT2D eigenvalue weighted by atomic mass is 35.5. The lowest BCUT2D eigenvalue weighted by Gasteiger charge is -2.16. The van der Waals surface area contributed by atoms with E-state index in [4.69, 9.17) is 35.4 Å². The highest BCUT2D eigenvalue weighted by Gasteiger charge is 2.29. The fourth-order valence-corrected chi connectivity index (χ4v) is 2.77. The number of thiocarbonyl (C=S) groups is 1. The molecule has 1 aromatic carbocycles. The first kappa shape index (κ1) is 13.6. The van der Waals surface area contributed by atoms with Crippen molar-refractivity contribution in [3.63, 3.8) is 0 Å². The first-order chi connectivity index (χ1) is 8.49. The molecule has 1 aromatic rings. The van der Waals surface area contributed by atoms with Crippen molar-refractivity contribution in [2.75, 3.05) is 5.75 Å². The quantitative estimate of drug-likeness (QED) is 0.851. The number of rotatable bonds is 2. The van der Waals surface area contributed by atoms with Gasteiger partial charge in [-0.05, 0) is 18.2 Å². The first-order valence-electron chi connectivity index (χ1n) is 4.75. The molecular formula is C10H6Cl2N2O2S2. The Hall–Kier alpha value is -0.820. The fourth-order valence-electron chi connectivity index (χ4n) is 1.30. The van der Waals surface area contributed by atoms with Crippen molar-refractivity contribution < 1.29 is 9.59 Å². The maximum atomic E-state index is 11.9. The van der Waals surface area contributed by atoms with Crippen molar-refractivity contribution in [3.05, 3.63) is 33.8 Å². The Bertz CT molecular complexity index is 535. The largest absolute Gasteiger partial charge is 0.272 e. The van der Waals surface area contributed by atoms with Crippen molar-refractivity contribution in [2.45, 2.75) is 0 Å². The van der Waals surface area contributed by atoms with Crippen LogP contribution in [0, 0.1) is 0 Å². The zero-order valence-corrected chi connectivity index (χ0v) is 11.9. The van der Waals surface area contributed by atoms with Gasteiger partial charge in [-0.1, -0.05) is 47.2 Å². The van der Waals surface area contributed by atoms with Crippen molar-refractivity contribution in [1.29, 1.82) is 0 Å². The highest BCUT2D eigenvalue weighted by Crippen LogP contribution is 2.22. The molecule has 1 fully saturated rings. The van der Waals surface area contributed by atoms with Gasteiger partial charge in [-0.2, -0.15) is 0 Å². The molecule has 0 atom stereocenters. The van der Waals surface area contributed by atoms with Crippen LogP contribution in [0.2, 0.25) is 10.0 Å². The molecule has 8 heteroatoms. The Morgan fingerprint density at radius 2 is 2.17 bits per heavy atom. The molecule has 1 aliphatic heterocycles. The molecule has 1 saturated heterocycles. The SMILES string of the molecule is O=C(NN1C(=O)CSC1=S)c1ccc(Cl)cc1Cl. The van der Waals surface area contributed by atoms with Gasteiger partial charge in [-0.15, -0.1) is 0 Å². The van der Waals surface area contributed by atoms with Gasteiger partial charge in [0.25, 0.3) is 11.8 Å². The van der Waals surface area contributed by atoms with Gasteiger partial charge < -0.3 is 0 Å². The predicted molar refractivity (Wildman–Crippen MR) is 75.8 cm³/mol. The van der Waals surface area contributed by atoms with Gasteiger partial charge >= 0.3 is 0 Å². The molecule has 0 radical (unpaired) electrons. The van der Waals surface area contributed by atoms with E-state index in [1.54, 1.807) is 6.07 Å². The highest BCUT2D eigenvalue weighted by molar-refractivity contribution is 8.23. The molecule has 0 aromatic heterocycles. The molecule has 1 aliphatic rings. The molecule has 0 saturated carbocycles. The van der Waals surface area contributed by atoms with Crippen molar-refractivity contribution in [2.24, 2.45) is 0 Å². The number of benzene rings is 1. The normalized spacial score (nSPS) is 15.1. The third-order valence-corrected chi connectivity index (χ3v) is 4.04. The molecule has 2 amide bonds. The second kappa shape index (κ2) is 5.44. The average Bonchev–Trinajstić information content (AvgIpc) is 2.60. The zero-order valence-electron chi connectivity index (χ0n) is 8.78. The van der Waals surface area contributed by atoms with Gasteiger partial charge in [-0.3, -0.25) is 15.0 Å². The third-order valence-electron chi connectivity index (χ3n) is 2.14. The Morgan fingerprint density at radius 3 is 2.72 bits per heavy atom. The van der Waals surface area contributed by atoms with Gasteiger partial charge in [0.1, 0.15) is 0 Å². The summed E-state index contributed by atoms with van der Waals surface area (Å²) < 4.78 is 0.318. The van der Waals surface area contributed by atoms with Crippen LogP contribution in [0.25, 0.3) is 0 Å². The van der Waals surface area contributed by atoms with Crippen LogP contribution in [0.4, 0.5) is 0 Å². The second-order valence-corrected chi connectivity index (χ2v) is 5.80. The minimum Gasteiger partial charge on any atom is -0.272 e. The molecule has 0 unspecified atom stereocenters. The van der Waals surface area contributed by atoms with Gasteiger partial charge in [0.15, 0.2) is 4.32 Å². The average molecular weight is 321 g/mol. The number of thioether (sulfide) groups is 1. The lowest BCUT2D eigenvalue weighted by molar-refractivity contribution is -0.125. The van der Waals surface area contributed by atoms with Crippen LogP contribution in [0.3, 0.4) is 0 Å². The summed E-state index contributed by atoms with van der Waals surface area (Å²) >= 11 is 17.8. The molecule has 0 spiro atoms. The fraction of sp³-hybridized carbons (Fsp3) is 0.100. The summed E-state index contributed by atoms with van der Waals surface area (Å²) in [5, 5.41) is 1.69. The molecule has 4 nitrogen and oxygen atoms in total. The number of carbonyl (C=O) groups excluding carboxylic acids is 2. The van der Waals surface area contributed by atoms with Crippen LogP contribution in [0.15, 0.2) is 18.2 Å². The van der Waals surface area contributed by atoms with Gasteiger partial charge in [-0.25, -0.2) is 5.01 Å². The molecule has 94 valence electrons. The first-order valence-corrected chi connectivity index (χ1v) is 6.90. The Kier molecular flexibility index (Phi) is 4.11. The molecule has 1 N–H and O–H groups in total. The zero-order chi connectivity index (χ0) is 13.3. The van der Waals surface area contributed by atoms with Crippen molar-refractivity contribution in [1.82, 2.24) is 10.4 Å². The van der Waals surface area contributed by atoms with Gasteiger partial charge in [0.2, 0.25) is 0 Å². The summed E-state index contributed by atoms with van der Waals surface area (Å²) in [7, 11) is 0. The van der Waals surface area contributed by atoms with E-state index in [1.165, 1.54) is 23.9 Å². The number of hydrogen-bond donors (Lipinski definition) is 1. The van der Waals surface area contributed by atoms with Crippen LogP contribution in [-0.4, -0.2) is 26.9 Å². The Labute approximate surface area is 123 Å². The molecular weight excluding hydrogens is 315 g/mol. The number of amides is 2. The monoisotopic (exact) mass is 320 g/mol. The summed E-state index contributed by atoms with van der Waals surface area (Å²) in [5.74, 6) is -0.536. The van der Waals surface area contributed by atoms with Gasteiger partial charge in [0.05, 0.1) is 16.3 Å². The maximum absolute atomic E-state index is 11.9. The number of hydrazine groups is 1. The van der Waals surface area contributed by atoms with Gasteiger partial charge in [0, 0.05) is 5.02 Å². The standard InChI is InChI=1S/C10H6Cl2N2O2S2/c11-5-1-2-6(7(12)3-5)9(16)13-14-8(15)4-18-10(14)17/h1-3H,4H2,(H,13,16).